The van der Waals surface area contributed by atoms with E-state index < -0.39 is 0 Å². The number of nitrogens with one attached hydrogen (secondary N) is 2. The van der Waals surface area contributed by atoms with Crippen LogP contribution in [0.5, 0.6) is 11.5 Å². The first-order valence-corrected chi connectivity index (χ1v) is 9.80. The van der Waals surface area contributed by atoms with Gasteiger partial charge in [0.05, 0.1) is 14.2 Å². The van der Waals surface area contributed by atoms with Gasteiger partial charge in [-0.1, -0.05) is 12.1 Å². The molecular formula is C22H29N3O3. The van der Waals surface area contributed by atoms with Crippen molar-refractivity contribution in [1.29, 1.82) is 0 Å². The lowest BCUT2D eigenvalue weighted by Crippen LogP contribution is -2.31. The summed E-state index contributed by atoms with van der Waals surface area (Å²) in [6.07, 6.45) is 4.47. The third-order valence-electron chi connectivity index (χ3n) is 4.97. The van der Waals surface area contributed by atoms with Gasteiger partial charge in [-0.3, -0.25) is 0 Å². The minimum atomic E-state index is -0.198. The summed E-state index contributed by atoms with van der Waals surface area (Å²) in [5, 5.41) is 5.84. The molecule has 1 heterocycles. The van der Waals surface area contributed by atoms with Gasteiger partial charge in [0.2, 0.25) is 0 Å². The van der Waals surface area contributed by atoms with Crippen LogP contribution in [-0.2, 0) is 6.42 Å². The maximum absolute atomic E-state index is 12.2. The zero-order valence-electron chi connectivity index (χ0n) is 16.7. The highest BCUT2D eigenvalue weighted by Gasteiger charge is 2.12. The minimum Gasteiger partial charge on any atom is -0.493 e. The standard InChI is InChI=1S/C22H29N3O3/c1-27-20-10-9-17(15-21(20)28-2)11-12-23-22(26)24-18-7-6-8-19(16-18)25-13-4-3-5-14-25/h6-10,15-16H,3-5,11-14H2,1-2H3,(H2,23,24,26). The van der Waals surface area contributed by atoms with Crippen molar-refractivity contribution >= 4 is 17.4 Å². The molecule has 3 rings (SSSR count). The first kappa shape index (κ1) is 19.9. The lowest BCUT2D eigenvalue weighted by Gasteiger charge is -2.29. The number of urea groups is 1. The molecule has 0 unspecified atom stereocenters. The van der Waals surface area contributed by atoms with Crippen molar-refractivity contribution in [1.82, 2.24) is 5.32 Å². The first-order valence-electron chi connectivity index (χ1n) is 9.80. The fourth-order valence-electron chi connectivity index (χ4n) is 3.46. The van der Waals surface area contributed by atoms with E-state index in [0.29, 0.717) is 24.5 Å². The van der Waals surface area contributed by atoms with Gasteiger partial charge in [-0.2, -0.15) is 0 Å². The molecule has 0 saturated carbocycles. The van der Waals surface area contributed by atoms with E-state index in [1.165, 1.54) is 24.9 Å². The van der Waals surface area contributed by atoms with Crippen molar-refractivity contribution in [2.24, 2.45) is 0 Å². The van der Waals surface area contributed by atoms with Crippen LogP contribution in [0.3, 0.4) is 0 Å². The van der Waals surface area contributed by atoms with Crippen LogP contribution in [0.1, 0.15) is 24.8 Å². The number of piperidine rings is 1. The highest BCUT2D eigenvalue weighted by Crippen LogP contribution is 2.27. The second-order valence-corrected chi connectivity index (χ2v) is 6.92. The van der Waals surface area contributed by atoms with Crippen LogP contribution >= 0.6 is 0 Å². The molecule has 1 saturated heterocycles. The molecule has 1 aliphatic heterocycles. The van der Waals surface area contributed by atoms with Crippen molar-refractivity contribution in [2.75, 3.05) is 44.1 Å². The summed E-state index contributed by atoms with van der Waals surface area (Å²) in [6.45, 7) is 2.70. The zero-order valence-corrected chi connectivity index (χ0v) is 16.7. The number of rotatable bonds is 7. The lowest BCUT2D eigenvalue weighted by atomic mass is 10.1. The molecule has 2 N–H and O–H groups in total. The molecule has 0 spiro atoms. The van der Waals surface area contributed by atoms with E-state index in [0.717, 1.165) is 24.3 Å². The Balaban J connectivity index is 1.49. The zero-order chi connectivity index (χ0) is 19.8. The number of carbonyl (C=O) groups excluding carboxylic acids is 1. The van der Waals surface area contributed by atoms with Crippen molar-refractivity contribution < 1.29 is 14.3 Å². The molecule has 0 aliphatic carbocycles. The second kappa shape index (κ2) is 9.88. The molecule has 1 aliphatic rings. The molecule has 6 nitrogen and oxygen atoms in total. The van der Waals surface area contributed by atoms with Crippen molar-refractivity contribution in [3.05, 3.63) is 48.0 Å². The van der Waals surface area contributed by atoms with Crippen LogP contribution in [0.4, 0.5) is 16.2 Å². The monoisotopic (exact) mass is 383 g/mol. The molecule has 28 heavy (non-hydrogen) atoms. The van der Waals surface area contributed by atoms with Gasteiger partial charge in [-0.15, -0.1) is 0 Å². The van der Waals surface area contributed by atoms with Crippen LogP contribution in [0, 0.1) is 0 Å². The summed E-state index contributed by atoms with van der Waals surface area (Å²) >= 11 is 0. The Kier molecular flexibility index (Phi) is 7.00. The van der Waals surface area contributed by atoms with Crippen LogP contribution in [0.15, 0.2) is 42.5 Å². The van der Waals surface area contributed by atoms with Crippen molar-refractivity contribution in [3.63, 3.8) is 0 Å². The van der Waals surface area contributed by atoms with Gasteiger partial charge < -0.3 is 25.0 Å². The van der Waals surface area contributed by atoms with Crippen LogP contribution in [0.25, 0.3) is 0 Å². The molecule has 1 fully saturated rings. The first-order chi connectivity index (χ1) is 13.7. The summed E-state index contributed by atoms with van der Waals surface area (Å²) in [6, 6.07) is 13.6. The Hall–Kier alpha value is -2.89. The van der Waals surface area contributed by atoms with Gasteiger partial charge in [-0.05, 0) is 61.6 Å². The lowest BCUT2D eigenvalue weighted by molar-refractivity contribution is 0.252. The summed E-state index contributed by atoms with van der Waals surface area (Å²) in [7, 11) is 3.23. The van der Waals surface area contributed by atoms with E-state index >= 15 is 0 Å². The summed E-state index contributed by atoms with van der Waals surface area (Å²) in [5.74, 6) is 1.39. The van der Waals surface area contributed by atoms with Crippen LogP contribution < -0.4 is 25.0 Å². The van der Waals surface area contributed by atoms with E-state index in [1.54, 1.807) is 14.2 Å². The number of ether oxygens (including phenoxy) is 2. The fourth-order valence-corrected chi connectivity index (χ4v) is 3.46. The molecule has 0 radical (unpaired) electrons. The van der Waals surface area contributed by atoms with Gasteiger partial charge in [0.25, 0.3) is 0 Å². The Labute approximate surface area is 166 Å². The van der Waals surface area contributed by atoms with E-state index in [9.17, 15) is 4.79 Å². The molecule has 0 atom stereocenters. The smallest absolute Gasteiger partial charge is 0.319 e. The number of anilines is 2. The average molecular weight is 383 g/mol. The Morgan fingerprint density at radius 1 is 1.00 bits per heavy atom. The normalized spacial score (nSPS) is 13.7. The molecule has 0 bridgehead atoms. The average Bonchev–Trinajstić information content (AvgIpc) is 2.74. The minimum absolute atomic E-state index is 0.198. The molecule has 2 aromatic rings. The van der Waals surface area contributed by atoms with Gasteiger partial charge in [0, 0.05) is 31.0 Å². The highest BCUT2D eigenvalue weighted by molar-refractivity contribution is 5.89. The second-order valence-electron chi connectivity index (χ2n) is 6.92. The predicted octanol–water partition coefficient (Wildman–Crippen LogP) is 4.06. The topological polar surface area (TPSA) is 62.8 Å². The fraction of sp³-hybridized carbons (Fsp3) is 0.409. The number of hydrogen-bond acceptors (Lipinski definition) is 4. The van der Waals surface area contributed by atoms with Crippen molar-refractivity contribution in [3.8, 4) is 11.5 Å². The van der Waals surface area contributed by atoms with Crippen molar-refractivity contribution in [2.45, 2.75) is 25.7 Å². The number of benzene rings is 2. The summed E-state index contributed by atoms with van der Waals surface area (Å²) in [5.41, 5.74) is 3.06. The Bertz CT molecular complexity index is 788. The third-order valence-corrected chi connectivity index (χ3v) is 4.97. The number of carbonyl (C=O) groups is 1. The van der Waals surface area contributed by atoms with Gasteiger partial charge in [0.1, 0.15) is 0 Å². The molecule has 2 aromatic carbocycles. The SMILES string of the molecule is COc1ccc(CCNC(=O)Nc2cccc(N3CCCCC3)c2)cc1OC. The predicted molar refractivity (Wildman–Crippen MR) is 113 cm³/mol. The van der Waals surface area contributed by atoms with E-state index in [2.05, 4.69) is 21.6 Å². The number of methoxy groups -OCH3 is 2. The summed E-state index contributed by atoms with van der Waals surface area (Å²) < 4.78 is 10.6. The molecule has 0 aromatic heterocycles. The van der Waals surface area contributed by atoms with Crippen LogP contribution in [0.2, 0.25) is 0 Å². The quantitative estimate of drug-likeness (QED) is 0.757. The van der Waals surface area contributed by atoms with E-state index in [1.807, 2.05) is 36.4 Å². The highest BCUT2D eigenvalue weighted by atomic mass is 16.5. The number of amides is 2. The third kappa shape index (κ3) is 5.31. The number of nitrogens with zero attached hydrogens (tertiary/aromatic N) is 1. The van der Waals surface area contributed by atoms with Gasteiger partial charge in [-0.25, -0.2) is 4.79 Å². The molecule has 150 valence electrons. The maximum Gasteiger partial charge on any atom is 0.319 e. The Morgan fingerprint density at radius 3 is 2.54 bits per heavy atom. The van der Waals surface area contributed by atoms with Gasteiger partial charge >= 0.3 is 6.03 Å². The largest absolute Gasteiger partial charge is 0.493 e. The Morgan fingerprint density at radius 2 is 1.79 bits per heavy atom. The summed E-state index contributed by atoms with van der Waals surface area (Å²) in [4.78, 5) is 14.6. The maximum atomic E-state index is 12.2. The number of hydrogen-bond donors (Lipinski definition) is 2. The van der Waals surface area contributed by atoms with Crippen LogP contribution in [-0.4, -0.2) is 39.9 Å². The molecular weight excluding hydrogens is 354 g/mol. The molecule has 6 heteroatoms. The van der Waals surface area contributed by atoms with E-state index in [4.69, 9.17) is 9.47 Å². The van der Waals surface area contributed by atoms with E-state index in [-0.39, 0.29) is 6.03 Å². The molecule has 2 amide bonds. The van der Waals surface area contributed by atoms with Gasteiger partial charge in [0.15, 0.2) is 11.5 Å².